The molecule has 98 valence electrons. The van der Waals surface area contributed by atoms with Gasteiger partial charge in [0.05, 0.1) is 6.10 Å². The molecular formula is C14H15F3O. The van der Waals surface area contributed by atoms with Gasteiger partial charge in [-0.25, -0.2) is 0 Å². The molecule has 1 saturated carbocycles. The summed E-state index contributed by atoms with van der Waals surface area (Å²) < 4.78 is 46.3. The van der Waals surface area contributed by atoms with Crippen LogP contribution in [-0.4, -0.2) is 12.3 Å². The van der Waals surface area contributed by atoms with Crippen LogP contribution in [0, 0.1) is 5.92 Å². The molecule has 4 heteroatoms. The molecule has 3 unspecified atom stereocenters. The first kappa shape index (κ1) is 12.0. The zero-order valence-electron chi connectivity index (χ0n) is 9.91. The van der Waals surface area contributed by atoms with E-state index in [4.69, 9.17) is 4.74 Å². The highest BCUT2D eigenvalue weighted by molar-refractivity contribution is 5.28. The molecule has 2 bridgehead atoms. The summed E-state index contributed by atoms with van der Waals surface area (Å²) in [5, 5.41) is 0. The van der Waals surface area contributed by atoms with Gasteiger partial charge in [0.15, 0.2) is 5.60 Å². The van der Waals surface area contributed by atoms with E-state index >= 15 is 0 Å². The molecule has 1 nitrogen and oxygen atoms in total. The highest BCUT2D eigenvalue weighted by Crippen LogP contribution is 2.58. The van der Waals surface area contributed by atoms with Gasteiger partial charge < -0.3 is 4.74 Å². The van der Waals surface area contributed by atoms with Crippen molar-refractivity contribution in [3.8, 4) is 0 Å². The van der Waals surface area contributed by atoms with Crippen LogP contribution in [-0.2, 0) is 10.3 Å². The first-order chi connectivity index (χ1) is 8.54. The number of fused-ring (bicyclic) bond motifs is 2. The van der Waals surface area contributed by atoms with E-state index in [9.17, 15) is 13.2 Å². The lowest BCUT2D eigenvalue weighted by Gasteiger charge is -2.36. The molecule has 3 rings (SSSR count). The van der Waals surface area contributed by atoms with Crippen LogP contribution in [0.4, 0.5) is 13.2 Å². The van der Waals surface area contributed by atoms with Crippen LogP contribution < -0.4 is 0 Å². The monoisotopic (exact) mass is 256 g/mol. The summed E-state index contributed by atoms with van der Waals surface area (Å²) >= 11 is 0. The van der Waals surface area contributed by atoms with Crippen molar-refractivity contribution in [3.63, 3.8) is 0 Å². The van der Waals surface area contributed by atoms with Gasteiger partial charge in [0, 0.05) is 5.92 Å². The third-order valence-electron chi connectivity index (χ3n) is 4.18. The molecule has 1 aliphatic heterocycles. The lowest BCUT2D eigenvalue weighted by Crippen LogP contribution is -2.46. The Kier molecular flexibility index (Phi) is 2.66. The van der Waals surface area contributed by atoms with Gasteiger partial charge in [-0.3, -0.25) is 0 Å². The molecule has 0 radical (unpaired) electrons. The molecule has 3 atom stereocenters. The summed E-state index contributed by atoms with van der Waals surface area (Å²) in [6.45, 7) is 0. The van der Waals surface area contributed by atoms with Gasteiger partial charge in [0.2, 0.25) is 0 Å². The van der Waals surface area contributed by atoms with Crippen LogP contribution >= 0.6 is 0 Å². The Morgan fingerprint density at radius 1 is 1.11 bits per heavy atom. The van der Waals surface area contributed by atoms with Crippen molar-refractivity contribution < 1.29 is 17.9 Å². The summed E-state index contributed by atoms with van der Waals surface area (Å²) in [7, 11) is 0. The number of benzene rings is 1. The van der Waals surface area contributed by atoms with Crippen LogP contribution in [0.5, 0.6) is 0 Å². The van der Waals surface area contributed by atoms with E-state index in [1.165, 1.54) is 12.1 Å². The van der Waals surface area contributed by atoms with Crippen LogP contribution in [0.25, 0.3) is 0 Å². The van der Waals surface area contributed by atoms with E-state index in [-0.39, 0.29) is 11.7 Å². The fourth-order valence-corrected chi connectivity index (χ4v) is 3.43. The van der Waals surface area contributed by atoms with Gasteiger partial charge in [-0.1, -0.05) is 36.8 Å². The number of alkyl halides is 3. The number of rotatable bonds is 1. The second kappa shape index (κ2) is 3.98. The maximum atomic E-state index is 13.6. The molecule has 2 fully saturated rings. The Labute approximate surface area is 104 Å². The van der Waals surface area contributed by atoms with Crippen LogP contribution in [0.2, 0.25) is 0 Å². The van der Waals surface area contributed by atoms with E-state index in [2.05, 4.69) is 0 Å². The molecule has 1 saturated heterocycles. The van der Waals surface area contributed by atoms with Gasteiger partial charge in [-0.05, 0) is 24.8 Å². The zero-order chi connectivity index (χ0) is 12.8. The van der Waals surface area contributed by atoms with E-state index in [0.717, 1.165) is 12.8 Å². The van der Waals surface area contributed by atoms with E-state index in [1.807, 2.05) is 0 Å². The largest absolute Gasteiger partial charge is 0.421 e. The molecular weight excluding hydrogens is 241 g/mol. The third-order valence-corrected chi connectivity index (χ3v) is 4.18. The van der Waals surface area contributed by atoms with Gasteiger partial charge in [-0.15, -0.1) is 0 Å². The van der Waals surface area contributed by atoms with Gasteiger partial charge >= 0.3 is 6.18 Å². The molecule has 1 aromatic carbocycles. The summed E-state index contributed by atoms with van der Waals surface area (Å²) in [6.07, 6.45) is -1.86. The standard InChI is InChI=1S/C14H15F3O/c15-14(16,17)13(10-5-2-1-3-6-10)11-7-4-8-12(9-11)18-13/h1-3,5-6,11-12H,4,7-9H2. The lowest BCUT2D eigenvalue weighted by molar-refractivity contribution is -0.288. The molecule has 0 spiro atoms. The minimum atomic E-state index is -4.35. The first-order valence-electron chi connectivity index (χ1n) is 6.34. The SMILES string of the molecule is FC(F)(F)C1(c2ccccc2)OC2CCCC1C2. The minimum Gasteiger partial charge on any atom is -0.357 e. The fourth-order valence-electron chi connectivity index (χ4n) is 3.43. The normalized spacial score (nSPS) is 35.7. The maximum Gasteiger partial charge on any atom is 0.421 e. The molecule has 1 aromatic rings. The van der Waals surface area contributed by atoms with Crippen LogP contribution in [0.15, 0.2) is 30.3 Å². The zero-order valence-corrected chi connectivity index (χ0v) is 9.91. The molecule has 1 heterocycles. The van der Waals surface area contributed by atoms with Crippen molar-refractivity contribution in [1.29, 1.82) is 0 Å². The Morgan fingerprint density at radius 3 is 2.44 bits per heavy atom. The highest BCUT2D eigenvalue weighted by Gasteiger charge is 2.66. The summed E-state index contributed by atoms with van der Waals surface area (Å²) in [4.78, 5) is 0. The predicted molar refractivity (Wildman–Crippen MR) is 61.0 cm³/mol. The van der Waals surface area contributed by atoms with E-state index < -0.39 is 17.7 Å². The second-order valence-corrected chi connectivity index (χ2v) is 5.20. The average Bonchev–Trinajstić information content (AvgIpc) is 2.62. The Bertz CT molecular complexity index is 428. The van der Waals surface area contributed by atoms with Gasteiger partial charge in [-0.2, -0.15) is 13.2 Å². The van der Waals surface area contributed by atoms with Crippen LogP contribution in [0.3, 0.4) is 0 Å². The van der Waals surface area contributed by atoms with Crippen LogP contribution in [0.1, 0.15) is 31.2 Å². The number of hydrogen-bond donors (Lipinski definition) is 0. The second-order valence-electron chi connectivity index (χ2n) is 5.20. The first-order valence-corrected chi connectivity index (χ1v) is 6.34. The van der Waals surface area contributed by atoms with Gasteiger partial charge in [0.25, 0.3) is 0 Å². The van der Waals surface area contributed by atoms with Crippen molar-refractivity contribution in [2.24, 2.45) is 5.92 Å². The molecule has 0 amide bonds. The van der Waals surface area contributed by atoms with E-state index in [1.54, 1.807) is 18.2 Å². The molecule has 1 aliphatic carbocycles. The summed E-state index contributed by atoms with van der Waals surface area (Å²) in [5.41, 5.74) is -1.82. The topological polar surface area (TPSA) is 9.23 Å². The van der Waals surface area contributed by atoms with Crippen molar-refractivity contribution >= 4 is 0 Å². The Balaban J connectivity index is 2.11. The van der Waals surface area contributed by atoms with Crippen molar-refractivity contribution in [3.05, 3.63) is 35.9 Å². The molecule has 0 aromatic heterocycles. The number of halogens is 3. The van der Waals surface area contributed by atoms with Crippen molar-refractivity contribution in [2.45, 2.75) is 43.6 Å². The highest BCUT2D eigenvalue weighted by atomic mass is 19.4. The van der Waals surface area contributed by atoms with E-state index in [0.29, 0.717) is 12.8 Å². The fraction of sp³-hybridized carbons (Fsp3) is 0.571. The summed E-state index contributed by atoms with van der Waals surface area (Å²) in [6, 6.07) is 8.10. The Hall–Kier alpha value is -1.03. The third kappa shape index (κ3) is 1.58. The lowest BCUT2D eigenvalue weighted by atomic mass is 9.75. The summed E-state index contributed by atoms with van der Waals surface area (Å²) in [5.74, 6) is -0.432. The van der Waals surface area contributed by atoms with Gasteiger partial charge in [0.1, 0.15) is 0 Å². The van der Waals surface area contributed by atoms with Crippen molar-refractivity contribution in [2.75, 3.05) is 0 Å². The maximum absolute atomic E-state index is 13.6. The number of ether oxygens (including phenoxy) is 1. The molecule has 2 aliphatic rings. The minimum absolute atomic E-state index is 0.231. The Morgan fingerprint density at radius 2 is 1.83 bits per heavy atom. The van der Waals surface area contributed by atoms with Crippen molar-refractivity contribution in [1.82, 2.24) is 0 Å². The molecule has 0 N–H and O–H groups in total. The predicted octanol–water partition coefficient (Wildman–Crippen LogP) is 4.03. The molecule has 18 heavy (non-hydrogen) atoms. The average molecular weight is 256 g/mol. The number of hydrogen-bond acceptors (Lipinski definition) is 1. The quantitative estimate of drug-likeness (QED) is 0.737. The smallest absolute Gasteiger partial charge is 0.357 e.